The molecule has 0 bridgehead atoms. The van der Waals surface area contributed by atoms with Crippen molar-refractivity contribution in [3.8, 4) is 5.75 Å². The lowest BCUT2D eigenvalue weighted by molar-refractivity contribution is -0.0498. The molecule has 1 aromatic heterocycles. The lowest BCUT2D eigenvalue weighted by atomic mass is 10.2. The first-order chi connectivity index (χ1) is 9.54. The van der Waals surface area contributed by atoms with Gasteiger partial charge in [-0.1, -0.05) is 12.1 Å². The van der Waals surface area contributed by atoms with E-state index in [4.69, 9.17) is 4.42 Å². The van der Waals surface area contributed by atoms with Crippen molar-refractivity contribution < 1.29 is 17.9 Å². The summed E-state index contributed by atoms with van der Waals surface area (Å²) in [5.41, 5.74) is 0.976. The average Bonchev–Trinajstić information content (AvgIpc) is 2.84. The van der Waals surface area contributed by atoms with Crippen molar-refractivity contribution in [1.82, 2.24) is 5.32 Å². The molecule has 1 atom stereocenters. The number of halogens is 3. The zero-order valence-electron chi connectivity index (χ0n) is 10.8. The van der Waals surface area contributed by atoms with Gasteiger partial charge in [0.2, 0.25) is 0 Å². The topological polar surface area (TPSA) is 34.4 Å². The molecular weight excluding hydrogens is 332 g/mol. The van der Waals surface area contributed by atoms with Crippen molar-refractivity contribution in [2.24, 2.45) is 0 Å². The highest BCUT2D eigenvalue weighted by atomic mass is 79.9. The van der Waals surface area contributed by atoms with E-state index in [0.29, 0.717) is 11.2 Å². The Morgan fingerprint density at radius 3 is 2.45 bits per heavy atom. The SMILES string of the molecule is CC(NCc1ccc(OC(F)F)cc1)c1ccc(Br)o1. The summed E-state index contributed by atoms with van der Waals surface area (Å²) >= 11 is 3.25. The lowest BCUT2D eigenvalue weighted by Crippen LogP contribution is -2.17. The second kappa shape index (κ2) is 6.85. The normalized spacial score (nSPS) is 12.7. The van der Waals surface area contributed by atoms with E-state index in [1.165, 1.54) is 12.1 Å². The van der Waals surface area contributed by atoms with Crippen LogP contribution in [0.2, 0.25) is 0 Å². The van der Waals surface area contributed by atoms with Crippen LogP contribution < -0.4 is 10.1 Å². The van der Waals surface area contributed by atoms with Gasteiger partial charge in [-0.3, -0.25) is 0 Å². The van der Waals surface area contributed by atoms with E-state index in [2.05, 4.69) is 26.0 Å². The van der Waals surface area contributed by atoms with Crippen molar-refractivity contribution in [3.63, 3.8) is 0 Å². The fraction of sp³-hybridized carbons (Fsp3) is 0.286. The summed E-state index contributed by atoms with van der Waals surface area (Å²) in [6.45, 7) is -0.204. The fourth-order valence-electron chi connectivity index (χ4n) is 1.72. The van der Waals surface area contributed by atoms with Gasteiger partial charge in [-0.25, -0.2) is 0 Å². The summed E-state index contributed by atoms with van der Waals surface area (Å²) in [6, 6.07) is 10.3. The van der Waals surface area contributed by atoms with Gasteiger partial charge < -0.3 is 14.5 Å². The minimum Gasteiger partial charge on any atom is -0.453 e. The number of furan rings is 1. The van der Waals surface area contributed by atoms with E-state index in [1.807, 2.05) is 19.1 Å². The smallest absolute Gasteiger partial charge is 0.387 e. The van der Waals surface area contributed by atoms with Crippen LogP contribution in [0.4, 0.5) is 8.78 Å². The summed E-state index contributed by atoms with van der Waals surface area (Å²) in [5.74, 6) is 0.987. The van der Waals surface area contributed by atoms with Crippen LogP contribution in [0.25, 0.3) is 0 Å². The summed E-state index contributed by atoms with van der Waals surface area (Å²) < 4.78 is 34.5. The molecule has 0 saturated heterocycles. The molecule has 0 fully saturated rings. The van der Waals surface area contributed by atoms with Gasteiger partial charge in [0.25, 0.3) is 0 Å². The van der Waals surface area contributed by atoms with Crippen molar-refractivity contribution in [3.05, 3.63) is 52.4 Å². The number of nitrogens with one attached hydrogen (secondary N) is 1. The molecule has 3 nitrogen and oxygen atoms in total. The molecule has 0 aliphatic carbocycles. The Hall–Kier alpha value is -1.40. The zero-order valence-corrected chi connectivity index (χ0v) is 12.4. The quantitative estimate of drug-likeness (QED) is 0.837. The van der Waals surface area contributed by atoms with Gasteiger partial charge in [-0.2, -0.15) is 8.78 Å². The second-order valence-electron chi connectivity index (χ2n) is 4.27. The predicted molar refractivity (Wildman–Crippen MR) is 74.7 cm³/mol. The van der Waals surface area contributed by atoms with E-state index in [1.54, 1.807) is 12.1 Å². The Kier molecular flexibility index (Phi) is 5.14. The molecule has 2 rings (SSSR count). The summed E-state index contributed by atoms with van der Waals surface area (Å²) in [4.78, 5) is 0. The Balaban J connectivity index is 1.87. The molecule has 0 spiro atoms. The Morgan fingerprint density at radius 1 is 1.20 bits per heavy atom. The summed E-state index contributed by atoms with van der Waals surface area (Å²) in [5, 5.41) is 3.29. The number of rotatable bonds is 6. The van der Waals surface area contributed by atoms with Crippen LogP contribution in [0.3, 0.4) is 0 Å². The van der Waals surface area contributed by atoms with Crippen LogP contribution in [0.1, 0.15) is 24.3 Å². The molecule has 0 aliphatic rings. The van der Waals surface area contributed by atoms with Gasteiger partial charge in [0.15, 0.2) is 4.67 Å². The number of ether oxygens (including phenoxy) is 1. The largest absolute Gasteiger partial charge is 0.453 e. The first-order valence-corrected chi connectivity index (χ1v) is 6.86. The molecule has 0 saturated carbocycles. The van der Waals surface area contributed by atoms with Crippen LogP contribution >= 0.6 is 15.9 Å². The first kappa shape index (κ1) is 15.0. The van der Waals surface area contributed by atoms with Crippen molar-refractivity contribution >= 4 is 15.9 Å². The van der Waals surface area contributed by atoms with Gasteiger partial charge in [0.05, 0.1) is 6.04 Å². The van der Waals surface area contributed by atoms with Gasteiger partial charge in [0, 0.05) is 6.54 Å². The molecular formula is C14H14BrF2NO2. The Morgan fingerprint density at radius 2 is 1.90 bits per heavy atom. The molecule has 0 radical (unpaired) electrons. The first-order valence-electron chi connectivity index (χ1n) is 6.07. The third kappa shape index (κ3) is 4.31. The molecule has 0 aliphatic heterocycles. The van der Waals surface area contributed by atoms with Crippen molar-refractivity contribution in [2.75, 3.05) is 0 Å². The van der Waals surface area contributed by atoms with Gasteiger partial charge in [0.1, 0.15) is 11.5 Å². The molecule has 0 amide bonds. The third-order valence-corrected chi connectivity index (χ3v) is 3.21. The average molecular weight is 346 g/mol. The maximum atomic E-state index is 12.0. The highest BCUT2D eigenvalue weighted by molar-refractivity contribution is 9.10. The van der Waals surface area contributed by atoms with Crippen LogP contribution in [-0.4, -0.2) is 6.61 Å². The molecule has 1 N–H and O–H groups in total. The monoisotopic (exact) mass is 345 g/mol. The predicted octanol–water partition coefficient (Wildman–Crippen LogP) is 4.49. The van der Waals surface area contributed by atoms with Crippen LogP contribution in [0, 0.1) is 0 Å². The number of hydrogen-bond acceptors (Lipinski definition) is 3. The molecule has 6 heteroatoms. The standard InChI is InChI=1S/C14H14BrF2NO2/c1-9(12-6-7-13(15)20-12)18-8-10-2-4-11(5-3-10)19-14(16)17/h2-7,9,14,18H,8H2,1H3. The zero-order chi connectivity index (χ0) is 14.5. The van der Waals surface area contributed by atoms with Crippen LogP contribution in [0.5, 0.6) is 5.75 Å². The number of benzene rings is 1. The van der Waals surface area contributed by atoms with E-state index in [9.17, 15) is 8.78 Å². The molecule has 2 aromatic rings. The van der Waals surface area contributed by atoms with E-state index < -0.39 is 6.61 Å². The minimum atomic E-state index is -2.80. The summed E-state index contributed by atoms with van der Waals surface area (Å²) in [6.07, 6.45) is 0. The number of alkyl halides is 2. The fourth-order valence-corrected chi connectivity index (χ4v) is 2.04. The molecule has 1 unspecified atom stereocenters. The minimum absolute atomic E-state index is 0.0540. The highest BCUT2D eigenvalue weighted by Gasteiger charge is 2.09. The van der Waals surface area contributed by atoms with Gasteiger partial charge in [-0.15, -0.1) is 0 Å². The third-order valence-electron chi connectivity index (χ3n) is 2.78. The maximum Gasteiger partial charge on any atom is 0.387 e. The van der Waals surface area contributed by atoms with E-state index in [0.717, 1.165) is 11.3 Å². The van der Waals surface area contributed by atoms with Crippen LogP contribution in [-0.2, 0) is 6.54 Å². The number of hydrogen-bond donors (Lipinski definition) is 1. The van der Waals surface area contributed by atoms with E-state index in [-0.39, 0.29) is 11.8 Å². The summed E-state index contributed by atoms with van der Waals surface area (Å²) in [7, 11) is 0. The van der Waals surface area contributed by atoms with E-state index >= 15 is 0 Å². The van der Waals surface area contributed by atoms with Crippen molar-refractivity contribution in [2.45, 2.75) is 26.1 Å². The molecule has 108 valence electrons. The molecule has 20 heavy (non-hydrogen) atoms. The van der Waals surface area contributed by atoms with Gasteiger partial charge in [-0.05, 0) is 52.7 Å². The Labute approximate surface area is 124 Å². The highest BCUT2D eigenvalue weighted by Crippen LogP contribution is 2.21. The maximum absolute atomic E-state index is 12.0. The second-order valence-corrected chi connectivity index (χ2v) is 5.05. The molecule has 1 aromatic carbocycles. The van der Waals surface area contributed by atoms with Gasteiger partial charge >= 0.3 is 6.61 Å². The van der Waals surface area contributed by atoms with Crippen molar-refractivity contribution in [1.29, 1.82) is 0 Å². The Bertz CT molecular complexity index is 542. The molecule has 1 heterocycles. The lowest BCUT2D eigenvalue weighted by Gasteiger charge is -2.11. The van der Waals surface area contributed by atoms with Crippen LogP contribution in [0.15, 0.2) is 45.5 Å².